The Kier molecular flexibility index (Phi) is 6.93. The second kappa shape index (κ2) is 8.24. The first-order valence-corrected chi connectivity index (χ1v) is 7.88. The Morgan fingerprint density at radius 1 is 1.28 bits per heavy atom. The van der Waals surface area contributed by atoms with Crippen molar-refractivity contribution in [2.45, 2.75) is 38.1 Å². The summed E-state index contributed by atoms with van der Waals surface area (Å²) in [7, 11) is 0. The van der Waals surface area contributed by atoms with Crippen LogP contribution in [0.3, 0.4) is 0 Å². The first-order valence-electron chi connectivity index (χ1n) is 6.49. The van der Waals surface area contributed by atoms with Crippen LogP contribution < -0.4 is 11.1 Å². The Morgan fingerprint density at radius 3 is 2.39 bits per heavy atom. The average Bonchev–Trinajstić information content (AvgIpc) is 2.61. The van der Waals surface area contributed by atoms with Gasteiger partial charge in [0.15, 0.2) is 0 Å². The van der Waals surface area contributed by atoms with E-state index in [1.54, 1.807) is 11.8 Å². The summed E-state index contributed by atoms with van der Waals surface area (Å²) in [5.74, 6) is 0.856. The van der Waals surface area contributed by atoms with Gasteiger partial charge in [0.1, 0.15) is 6.04 Å². The highest BCUT2D eigenvalue weighted by Gasteiger charge is 2.25. The quantitative estimate of drug-likeness (QED) is 0.790. The molecule has 1 unspecified atom stereocenters. The minimum Gasteiger partial charge on any atom is -0.352 e. The predicted octanol–water partition coefficient (Wildman–Crippen LogP) is 1.18. The molecule has 1 rings (SSSR count). The first-order chi connectivity index (χ1) is 8.65. The summed E-state index contributed by atoms with van der Waals surface area (Å²) in [6.45, 7) is 1.60. The first kappa shape index (κ1) is 15.1. The fourth-order valence-electron chi connectivity index (χ4n) is 2.18. The predicted molar refractivity (Wildman–Crippen MR) is 74.6 cm³/mol. The lowest BCUT2D eigenvalue weighted by molar-refractivity contribution is -0.133. The minimum absolute atomic E-state index is 0.0183. The highest BCUT2D eigenvalue weighted by Crippen LogP contribution is 2.12. The zero-order chi connectivity index (χ0) is 13.4. The molecule has 0 aromatic rings. The maximum absolute atomic E-state index is 12.3. The molecule has 0 saturated carbocycles. The summed E-state index contributed by atoms with van der Waals surface area (Å²) < 4.78 is 0. The minimum atomic E-state index is -0.621. The van der Waals surface area contributed by atoms with Gasteiger partial charge in [-0.15, -0.1) is 0 Å². The molecule has 3 N–H and O–H groups in total. The molecule has 1 heterocycles. The zero-order valence-electron chi connectivity index (χ0n) is 11.0. The maximum atomic E-state index is 12.3. The Labute approximate surface area is 113 Å². The number of urea groups is 1. The van der Waals surface area contributed by atoms with E-state index in [-0.39, 0.29) is 5.91 Å². The number of hydrogen-bond donors (Lipinski definition) is 2. The lowest BCUT2D eigenvalue weighted by Crippen LogP contribution is -2.50. The van der Waals surface area contributed by atoms with E-state index < -0.39 is 12.1 Å². The van der Waals surface area contributed by atoms with Crippen molar-refractivity contribution in [3.63, 3.8) is 0 Å². The normalized spacial score (nSPS) is 17.9. The van der Waals surface area contributed by atoms with Crippen LogP contribution in [0.5, 0.6) is 0 Å². The lowest BCUT2D eigenvalue weighted by atomic mass is 10.2. The van der Waals surface area contributed by atoms with Gasteiger partial charge in [0.25, 0.3) is 0 Å². The van der Waals surface area contributed by atoms with Crippen LogP contribution in [0.25, 0.3) is 0 Å². The molecule has 0 radical (unpaired) electrons. The van der Waals surface area contributed by atoms with Gasteiger partial charge in [0.2, 0.25) is 5.91 Å². The molecule has 6 heteroatoms. The second-order valence-corrected chi connectivity index (χ2v) is 5.57. The number of amides is 3. The van der Waals surface area contributed by atoms with Gasteiger partial charge in [0.05, 0.1) is 0 Å². The number of primary amides is 1. The Bertz CT molecular complexity index is 278. The van der Waals surface area contributed by atoms with Gasteiger partial charge in [-0.2, -0.15) is 11.8 Å². The number of hydrogen-bond acceptors (Lipinski definition) is 3. The smallest absolute Gasteiger partial charge is 0.312 e. The van der Waals surface area contributed by atoms with E-state index in [0.29, 0.717) is 6.42 Å². The molecule has 5 nitrogen and oxygen atoms in total. The fraction of sp³-hybridized carbons (Fsp3) is 0.833. The van der Waals surface area contributed by atoms with Gasteiger partial charge < -0.3 is 16.0 Å². The van der Waals surface area contributed by atoms with Crippen LogP contribution in [-0.2, 0) is 4.79 Å². The summed E-state index contributed by atoms with van der Waals surface area (Å²) in [5.41, 5.74) is 5.14. The number of thioether (sulfide) groups is 1. The van der Waals surface area contributed by atoms with Crippen LogP contribution >= 0.6 is 11.8 Å². The number of nitrogens with two attached hydrogens (primary N) is 1. The van der Waals surface area contributed by atoms with Gasteiger partial charge >= 0.3 is 6.03 Å². The molecular formula is C12H23N3O2S. The Hall–Kier alpha value is -0.910. The molecule has 1 aliphatic heterocycles. The molecule has 0 aliphatic carbocycles. The van der Waals surface area contributed by atoms with Crippen LogP contribution in [0.15, 0.2) is 0 Å². The van der Waals surface area contributed by atoms with E-state index in [0.717, 1.165) is 31.7 Å². The summed E-state index contributed by atoms with van der Waals surface area (Å²) in [6.07, 6.45) is 7.09. The molecule has 1 aliphatic rings. The molecule has 104 valence electrons. The average molecular weight is 273 g/mol. The van der Waals surface area contributed by atoms with E-state index in [4.69, 9.17) is 5.73 Å². The number of nitrogens with zero attached hydrogens (tertiary/aromatic N) is 1. The Balaban J connectivity index is 2.57. The van der Waals surface area contributed by atoms with Gasteiger partial charge in [-0.25, -0.2) is 4.79 Å². The van der Waals surface area contributed by atoms with Gasteiger partial charge in [-0.3, -0.25) is 4.79 Å². The third-order valence-electron chi connectivity index (χ3n) is 3.14. The second-order valence-electron chi connectivity index (χ2n) is 4.58. The number of rotatable bonds is 5. The Morgan fingerprint density at radius 2 is 1.89 bits per heavy atom. The van der Waals surface area contributed by atoms with Crippen molar-refractivity contribution in [1.29, 1.82) is 0 Å². The van der Waals surface area contributed by atoms with Crippen LogP contribution in [0.4, 0.5) is 4.79 Å². The topological polar surface area (TPSA) is 75.4 Å². The van der Waals surface area contributed by atoms with Crippen molar-refractivity contribution in [3.8, 4) is 0 Å². The highest BCUT2D eigenvalue weighted by molar-refractivity contribution is 7.98. The van der Waals surface area contributed by atoms with Crippen molar-refractivity contribution in [3.05, 3.63) is 0 Å². The molecule has 1 atom stereocenters. The molecule has 1 fully saturated rings. The zero-order valence-corrected chi connectivity index (χ0v) is 11.8. The third-order valence-corrected chi connectivity index (χ3v) is 3.79. The van der Waals surface area contributed by atoms with Gasteiger partial charge in [-0.1, -0.05) is 12.8 Å². The van der Waals surface area contributed by atoms with Crippen molar-refractivity contribution in [1.82, 2.24) is 10.2 Å². The molecule has 1 saturated heterocycles. The number of likely N-dealkylation sites (tertiary alicyclic amines) is 1. The molecule has 0 spiro atoms. The number of carbonyl (C=O) groups is 2. The highest BCUT2D eigenvalue weighted by atomic mass is 32.2. The molecule has 0 bridgehead atoms. The monoisotopic (exact) mass is 273 g/mol. The van der Waals surface area contributed by atoms with Gasteiger partial charge in [0, 0.05) is 13.1 Å². The summed E-state index contributed by atoms with van der Waals surface area (Å²) in [5, 5.41) is 2.57. The number of carbonyl (C=O) groups excluding carboxylic acids is 2. The molecular weight excluding hydrogens is 250 g/mol. The summed E-state index contributed by atoms with van der Waals surface area (Å²) >= 11 is 1.66. The summed E-state index contributed by atoms with van der Waals surface area (Å²) in [6, 6.07) is -1.09. The van der Waals surface area contributed by atoms with Crippen LogP contribution in [-0.4, -0.2) is 48.0 Å². The third kappa shape index (κ3) is 5.16. The van der Waals surface area contributed by atoms with E-state index in [2.05, 4.69) is 5.32 Å². The number of nitrogens with one attached hydrogen (secondary N) is 1. The van der Waals surface area contributed by atoms with Crippen molar-refractivity contribution >= 4 is 23.7 Å². The van der Waals surface area contributed by atoms with Gasteiger partial charge in [-0.05, 0) is 31.3 Å². The SMILES string of the molecule is CSCCC(NC(N)=O)C(=O)N1CCCCCC1. The molecule has 18 heavy (non-hydrogen) atoms. The molecule has 3 amide bonds. The largest absolute Gasteiger partial charge is 0.352 e. The molecule has 0 aromatic carbocycles. The van der Waals surface area contributed by atoms with E-state index in [1.807, 2.05) is 11.2 Å². The summed E-state index contributed by atoms with van der Waals surface area (Å²) in [4.78, 5) is 25.2. The van der Waals surface area contributed by atoms with Crippen molar-refractivity contribution in [2.24, 2.45) is 5.73 Å². The fourth-order valence-corrected chi connectivity index (χ4v) is 2.65. The van der Waals surface area contributed by atoms with E-state index in [9.17, 15) is 9.59 Å². The van der Waals surface area contributed by atoms with Crippen LogP contribution in [0.1, 0.15) is 32.1 Å². The van der Waals surface area contributed by atoms with Crippen LogP contribution in [0.2, 0.25) is 0 Å². The molecule has 0 aromatic heterocycles. The maximum Gasteiger partial charge on any atom is 0.312 e. The lowest BCUT2D eigenvalue weighted by Gasteiger charge is -2.26. The van der Waals surface area contributed by atoms with Crippen molar-refractivity contribution < 1.29 is 9.59 Å². The van der Waals surface area contributed by atoms with Crippen LogP contribution in [0, 0.1) is 0 Å². The van der Waals surface area contributed by atoms with E-state index in [1.165, 1.54) is 12.8 Å². The van der Waals surface area contributed by atoms with E-state index >= 15 is 0 Å². The van der Waals surface area contributed by atoms with Crippen molar-refractivity contribution in [2.75, 3.05) is 25.1 Å². The standard InChI is InChI=1S/C12H23N3O2S/c1-18-9-6-10(14-12(13)17)11(16)15-7-4-2-3-5-8-15/h10H,2-9H2,1H3,(H3,13,14,17).